The molecule has 0 N–H and O–H groups in total. The largest absolute Gasteiger partial charge is 0.496 e. The Labute approximate surface area is 170 Å². The normalized spacial score (nSPS) is 16.6. The van der Waals surface area contributed by atoms with Crippen LogP contribution in [0.25, 0.3) is 5.57 Å². The third-order valence-electron chi connectivity index (χ3n) is 4.49. The summed E-state index contributed by atoms with van der Waals surface area (Å²) in [7, 11) is 6.54. The van der Waals surface area contributed by atoms with Crippen LogP contribution in [0.4, 0.5) is 0 Å². The van der Waals surface area contributed by atoms with Crippen LogP contribution in [0.2, 0.25) is 5.02 Å². The van der Waals surface area contributed by atoms with E-state index < -0.39 is 0 Å². The van der Waals surface area contributed by atoms with Crippen LogP contribution in [0.3, 0.4) is 0 Å². The van der Waals surface area contributed by atoms with Gasteiger partial charge in [0.25, 0.3) is 7.11 Å². The van der Waals surface area contributed by atoms with E-state index in [4.69, 9.17) is 30.2 Å². The van der Waals surface area contributed by atoms with Crippen molar-refractivity contribution in [2.45, 2.75) is 0 Å². The van der Waals surface area contributed by atoms with E-state index in [0.29, 0.717) is 28.1 Å². The summed E-state index contributed by atoms with van der Waals surface area (Å²) in [5, 5.41) is 0.655. The molecule has 2 aromatic rings. The van der Waals surface area contributed by atoms with Crippen molar-refractivity contribution in [3.8, 4) is 11.5 Å². The van der Waals surface area contributed by atoms with Gasteiger partial charge < -0.3 is 14.2 Å². The number of rotatable bonds is 5. The van der Waals surface area contributed by atoms with E-state index >= 15 is 0 Å². The molecule has 0 heterocycles. The lowest BCUT2D eigenvalue weighted by Gasteiger charge is -2.20. The number of carbonyl (C=O) groups excluding carboxylic acids is 1. The van der Waals surface area contributed by atoms with Crippen LogP contribution in [0, 0.1) is 0 Å². The van der Waals surface area contributed by atoms with Crippen molar-refractivity contribution in [2.24, 2.45) is 0 Å². The second kappa shape index (κ2) is 8.81. The maximum atomic E-state index is 6.13. The number of hydrogen-bond acceptors (Lipinski definition) is 3. The summed E-state index contributed by atoms with van der Waals surface area (Å²) in [6.07, 6.45) is 5.69. The first kappa shape index (κ1) is 19.8. The smallest absolute Gasteiger partial charge is 0.354 e. The molecule has 0 fully saturated rings. The second-order valence-electron chi connectivity index (χ2n) is 5.96. The van der Waals surface area contributed by atoms with Gasteiger partial charge in [-0.25, -0.2) is 0 Å². The van der Waals surface area contributed by atoms with E-state index in [2.05, 4.69) is 0 Å². The SMILES string of the molecule is COC1=CC=CC(=[O+]C)/C1=C(/c1ccc(Cl)cc1)c1c(OC)cccc1OC. The highest BCUT2D eigenvalue weighted by Gasteiger charge is 2.31. The zero-order valence-corrected chi connectivity index (χ0v) is 17.0. The lowest BCUT2D eigenvalue weighted by molar-refractivity contribution is -0.418. The molecule has 0 aliphatic heterocycles. The van der Waals surface area contributed by atoms with Gasteiger partial charge in [0.15, 0.2) is 0 Å². The minimum absolute atomic E-state index is 0.655. The highest BCUT2D eigenvalue weighted by molar-refractivity contribution is 6.30. The summed E-state index contributed by atoms with van der Waals surface area (Å²) in [4.78, 5) is 0. The molecule has 0 spiro atoms. The van der Waals surface area contributed by atoms with Gasteiger partial charge in [-0.3, -0.25) is 4.42 Å². The highest BCUT2D eigenvalue weighted by Crippen LogP contribution is 2.42. The van der Waals surface area contributed by atoms with Crippen molar-refractivity contribution in [3.05, 3.63) is 88.2 Å². The fraction of sp³-hybridized carbons (Fsp3) is 0.174. The van der Waals surface area contributed by atoms with Crippen LogP contribution >= 0.6 is 11.6 Å². The Kier molecular flexibility index (Phi) is 6.22. The minimum atomic E-state index is 0.655. The fourth-order valence-electron chi connectivity index (χ4n) is 3.23. The zero-order chi connectivity index (χ0) is 20.1. The monoisotopic (exact) mass is 397 g/mol. The summed E-state index contributed by atoms with van der Waals surface area (Å²) in [5.41, 5.74) is 3.39. The number of allylic oxidation sites excluding steroid dienone is 4. The molecule has 0 saturated carbocycles. The first-order valence-electron chi connectivity index (χ1n) is 8.70. The summed E-state index contributed by atoms with van der Waals surface area (Å²) in [5.74, 6) is 2.71. The van der Waals surface area contributed by atoms with Crippen LogP contribution in [-0.4, -0.2) is 34.2 Å². The molecule has 0 aromatic heterocycles. The first-order valence-corrected chi connectivity index (χ1v) is 9.08. The molecule has 28 heavy (non-hydrogen) atoms. The number of ketones is 1. The summed E-state index contributed by atoms with van der Waals surface area (Å²) >= 11 is 6.13. The second-order valence-corrected chi connectivity index (χ2v) is 6.39. The van der Waals surface area contributed by atoms with E-state index in [1.807, 2.05) is 60.7 Å². The Hall–Kier alpha value is -2.98. The van der Waals surface area contributed by atoms with E-state index in [1.165, 1.54) is 0 Å². The van der Waals surface area contributed by atoms with Crippen molar-refractivity contribution in [2.75, 3.05) is 28.4 Å². The zero-order valence-electron chi connectivity index (χ0n) is 16.3. The molecule has 1 aliphatic rings. The lowest BCUT2D eigenvalue weighted by Crippen LogP contribution is -2.13. The molecular weight excluding hydrogens is 376 g/mol. The minimum Gasteiger partial charge on any atom is -0.496 e. The van der Waals surface area contributed by atoms with E-state index in [0.717, 1.165) is 22.3 Å². The average Bonchev–Trinajstić information content (AvgIpc) is 2.75. The molecule has 0 amide bonds. The van der Waals surface area contributed by atoms with Gasteiger partial charge in [0.2, 0.25) is 0 Å². The molecule has 0 radical (unpaired) electrons. The first-order chi connectivity index (χ1) is 13.6. The van der Waals surface area contributed by atoms with Crippen LogP contribution in [0.5, 0.6) is 11.5 Å². The van der Waals surface area contributed by atoms with Gasteiger partial charge in [-0.05, 0) is 42.0 Å². The van der Waals surface area contributed by atoms with Gasteiger partial charge >= 0.3 is 5.78 Å². The Bertz CT molecular complexity index is 960. The molecule has 0 unspecified atom stereocenters. The topological polar surface area (TPSA) is 39.0 Å². The molecular formula is C23H22ClO4+. The Morgan fingerprint density at radius 1 is 0.893 bits per heavy atom. The fourth-order valence-corrected chi connectivity index (χ4v) is 3.35. The molecule has 2 aromatic carbocycles. The molecule has 0 atom stereocenters. The quantitative estimate of drug-likeness (QED) is 0.526. The van der Waals surface area contributed by atoms with Crippen LogP contribution in [0.15, 0.2) is 72.0 Å². The van der Waals surface area contributed by atoms with Crippen molar-refractivity contribution in [1.29, 1.82) is 0 Å². The third kappa shape index (κ3) is 3.69. The van der Waals surface area contributed by atoms with E-state index in [9.17, 15) is 0 Å². The van der Waals surface area contributed by atoms with Gasteiger partial charge in [0.1, 0.15) is 22.8 Å². The molecule has 144 valence electrons. The van der Waals surface area contributed by atoms with Crippen LogP contribution in [-0.2, 0) is 9.16 Å². The van der Waals surface area contributed by atoms with Gasteiger partial charge in [0, 0.05) is 16.7 Å². The van der Waals surface area contributed by atoms with Gasteiger partial charge in [-0.2, -0.15) is 0 Å². The molecule has 0 bridgehead atoms. The molecule has 5 heteroatoms. The predicted molar refractivity (Wildman–Crippen MR) is 112 cm³/mol. The van der Waals surface area contributed by atoms with Gasteiger partial charge in [-0.1, -0.05) is 29.8 Å². The standard InChI is InChI=1S/C23H22ClO4/c1-25-17-7-5-8-18(26-2)22(17)21(15-11-13-16(24)14-12-15)23-19(27-3)9-6-10-20(23)28-4/h5-14H,1-4H3/q+1. The third-order valence-corrected chi connectivity index (χ3v) is 4.74. The van der Waals surface area contributed by atoms with Crippen LogP contribution in [0.1, 0.15) is 11.1 Å². The van der Waals surface area contributed by atoms with Gasteiger partial charge in [0.05, 0.1) is 26.9 Å². The number of halogens is 1. The summed E-state index contributed by atoms with van der Waals surface area (Å²) in [6, 6.07) is 13.3. The van der Waals surface area contributed by atoms with E-state index in [1.54, 1.807) is 28.4 Å². The van der Waals surface area contributed by atoms with E-state index in [-0.39, 0.29) is 0 Å². The van der Waals surface area contributed by atoms with Crippen molar-refractivity contribution < 1.29 is 18.6 Å². The molecule has 1 aliphatic carbocycles. The van der Waals surface area contributed by atoms with Gasteiger partial charge in [-0.15, -0.1) is 0 Å². The maximum absolute atomic E-state index is 6.13. The van der Waals surface area contributed by atoms with Crippen molar-refractivity contribution >= 4 is 23.0 Å². The van der Waals surface area contributed by atoms with Crippen LogP contribution < -0.4 is 9.47 Å². The summed E-state index contributed by atoms with van der Waals surface area (Å²) < 4.78 is 22.7. The summed E-state index contributed by atoms with van der Waals surface area (Å²) in [6.45, 7) is 0. The number of hydrogen-bond donors (Lipinski definition) is 0. The molecule has 4 nitrogen and oxygen atoms in total. The average molecular weight is 398 g/mol. The number of methoxy groups -OCH3 is 3. The van der Waals surface area contributed by atoms with Crippen molar-refractivity contribution in [1.82, 2.24) is 0 Å². The molecule has 0 saturated heterocycles. The maximum Gasteiger partial charge on any atom is 0.354 e. The number of ether oxygens (including phenoxy) is 3. The molecule has 3 rings (SSSR count). The van der Waals surface area contributed by atoms with Crippen molar-refractivity contribution in [3.63, 3.8) is 0 Å². The predicted octanol–water partition coefficient (Wildman–Crippen LogP) is 4.99. The highest BCUT2D eigenvalue weighted by atomic mass is 35.5. The Morgan fingerprint density at radius 3 is 2.07 bits per heavy atom. The Balaban J connectivity index is 2.46. The Morgan fingerprint density at radius 2 is 1.54 bits per heavy atom. The lowest BCUT2D eigenvalue weighted by atomic mass is 9.87. The number of benzene rings is 2.